The van der Waals surface area contributed by atoms with E-state index in [4.69, 9.17) is 9.47 Å². The maximum Gasteiger partial charge on any atom is 0.220 e. The van der Waals surface area contributed by atoms with E-state index < -0.39 is 5.82 Å². The normalized spacial score (nSPS) is 11.9. The number of para-hydroxylation sites is 1. The number of methoxy groups -OCH3 is 2. The van der Waals surface area contributed by atoms with Crippen LogP contribution in [0.1, 0.15) is 23.6 Å². The SMILES string of the molecule is COc1ccc(CCC(=O)NCC(c2ccccc2OC)N(C)C)cc1F. The third-order valence-corrected chi connectivity index (χ3v) is 4.47. The molecule has 1 N–H and O–H groups in total. The Kier molecular flexibility index (Phi) is 7.61. The Morgan fingerprint density at radius 2 is 1.81 bits per heavy atom. The first-order valence-corrected chi connectivity index (χ1v) is 8.84. The molecular weight excluding hydrogens is 347 g/mol. The molecule has 0 radical (unpaired) electrons. The summed E-state index contributed by atoms with van der Waals surface area (Å²) in [6.07, 6.45) is 0.756. The number of nitrogens with zero attached hydrogens (tertiary/aromatic N) is 1. The molecule has 2 aromatic carbocycles. The molecule has 2 rings (SSSR count). The molecule has 0 heterocycles. The third-order valence-electron chi connectivity index (χ3n) is 4.47. The van der Waals surface area contributed by atoms with Crippen molar-refractivity contribution in [2.45, 2.75) is 18.9 Å². The van der Waals surface area contributed by atoms with E-state index in [0.29, 0.717) is 13.0 Å². The Bertz CT molecular complexity index is 765. The Labute approximate surface area is 160 Å². The van der Waals surface area contributed by atoms with Gasteiger partial charge in [-0.1, -0.05) is 24.3 Å². The second kappa shape index (κ2) is 9.92. The molecule has 0 aliphatic rings. The average molecular weight is 374 g/mol. The van der Waals surface area contributed by atoms with Gasteiger partial charge in [0, 0.05) is 18.5 Å². The van der Waals surface area contributed by atoms with Crippen LogP contribution in [0.15, 0.2) is 42.5 Å². The van der Waals surface area contributed by atoms with Gasteiger partial charge in [-0.3, -0.25) is 4.79 Å². The number of likely N-dealkylation sites (N-methyl/N-ethyl adjacent to an activating group) is 1. The second-order valence-electron chi connectivity index (χ2n) is 6.49. The zero-order valence-corrected chi connectivity index (χ0v) is 16.3. The van der Waals surface area contributed by atoms with Gasteiger partial charge in [0.2, 0.25) is 5.91 Å². The summed E-state index contributed by atoms with van der Waals surface area (Å²) in [4.78, 5) is 14.3. The standard InChI is InChI=1S/C21H27FN2O3/c1-24(2)18(16-7-5-6-8-19(16)26-3)14-23-21(25)12-10-15-9-11-20(27-4)17(22)13-15/h5-9,11,13,18H,10,12,14H2,1-4H3,(H,23,25). The third kappa shape index (κ3) is 5.69. The van der Waals surface area contributed by atoms with Crippen molar-refractivity contribution in [1.82, 2.24) is 10.2 Å². The van der Waals surface area contributed by atoms with Crippen LogP contribution in [-0.4, -0.2) is 45.7 Å². The highest BCUT2D eigenvalue weighted by molar-refractivity contribution is 5.76. The molecule has 0 aliphatic carbocycles. The monoisotopic (exact) mass is 374 g/mol. The van der Waals surface area contributed by atoms with Crippen LogP contribution < -0.4 is 14.8 Å². The topological polar surface area (TPSA) is 50.8 Å². The molecule has 0 aliphatic heterocycles. The lowest BCUT2D eigenvalue weighted by Gasteiger charge is -2.26. The number of carbonyl (C=O) groups excluding carboxylic acids is 1. The number of hydrogen-bond acceptors (Lipinski definition) is 4. The number of benzene rings is 2. The lowest BCUT2D eigenvalue weighted by Crippen LogP contribution is -2.34. The molecule has 1 atom stereocenters. The molecule has 0 saturated heterocycles. The van der Waals surface area contributed by atoms with Gasteiger partial charge in [-0.15, -0.1) is 0 Å². The van der Waals surface area contributed by atoms with Crippen LogP contribution in [0.25, 0.3) is 0 Å². The van der Waals surface area contributed by atoms with Gasteiger partial charge < -0.3 is 19.7 Å². The number of halogens is 1. The first kappa shape index (κ1) is 20.7. The summed E-state index contributed by atoms with van der Waals surface area (Å²) in [6.45, 7) is 0.461. The predicted octanol–water partition coefficient (Wildman–Crippen LogP) is 3.19. The van der Waals surface area contributed by atoms with Crippen LogP contribution >= 0.6 is 0 Å². The van der Waals surface area contributed by atoms with Gasteiger partial charge >= 0.3 is 0 Å². The highest BCUT2D eigenvalue weighted by Gasteiger charge is 2.19. The summed E-state index contributed by atoms with van der Waals surface area (Å²) < 4.78 is 24.1. The van der Waals surface area contributed by atoms with Crippen molar-refractivity contribution in [2.24, 2.45) is 0 Å². The van der Waals surface area contributed by atoms with Crippen LogP contribution in [0.4, 0.5) is 4.39 Å². The summed E-state index contributed by atoms with van der Waals surface area (Å²) in [6, 6.07) is 12.5. The molecule has 0 bridgehead atoms. The van der Waals surface area contributed by atoms with E-state index in [2.05, 4.69) is 5.32 Å². The van der Waals surface area contributed by atoms with Gasteiger partial charge in [-0.05, 0) is 44.3 Å². The number of hydrogen-bond donors (Lipinski definition) is 1. The number of ether oxygens (including phenoxy) is 2. The molecule has 0 saturated carbocycles. The number of aryl methyl sites for hydroxylation is 1. The van der Waals surface area contributed by atoms with Gasteiger partial charge in [0.25, 0.3) is 0 Å². The van der Waals surface area contributed by atoms with Crippen molar-refractivity contribution in [1.29, 1.82) is 0 Å². The summed E-state index contributed by atoms with van der Waals surface area (Å²) in [5, 5.41) is 2.97. The van der Waals surface area contributed by atoms with Crippen LogP contribution in [0, 0.1) is 5.82 Å². The predicted molar refractivity (Wildman–Crippen MR) is 104 cm³/mol. The quantitative estimate of drug-likeness (QED) is 0.732. The summed E-state index contributed by atoms with van der Waals surface area (Å²) in [5.74, 6) is 0.500. The number of amides is 1. The van der Waals surface area contributed by atoms with Crippen molar-refractivity contribution < 1.29 is 18.7 Å². The van der Waals surface area contributed by atoms with Crippen molar-refractivity contribution >= 4 is 5.91 Å². The molecule has 0 aromatic heterocycles. The van der Waals surface area contributed by atoms with Crippen LogP contribution in [-0.2, 0) is 11.2 Å². The van der Waals surface area contributed by atoms with Crippen LogP contribution in [0.2, 0.25) is 0 Å². The van der Waals surface area contributed by atoms with E-state index in [1.165, 1.54) is 13.2 Å². The molecular formula is C21H27FN2O3. The Morgan fingerprint density at radius 3 is 2.44 bits per heavy atom. The van der Waals surface area contributed by atoms with E-state index in [0.717, 1.165) is 16.9 Å². The van der Waals surface area contributed by atoms with Crippen molar-refractivity contribution in [3.8, 4) is 11.5 Å². The second-order valence-corrected chi connectivity index (χ2v) is 6.49. The Morgan fingerprint density at radius 1 is 1.11 bits per heavy atom. The fraction of sp³-hybridized carbons (Fsp3) is 0.381. The van der Waals surface area contributed by atoms with Gasteiger partial charge in [-0.25, -0.2) is 4.39 Å². The van der Waals surface area contributed by atoms with Gasteiger partial charge in [0.15, 0.2) is 11.6 Å². The zero-order chi connectivity index (χ0) is 19.8. The van der Waals surface area contributed by atoms with E-state index >= 15 is 0 Å². The lowest BCUT2D eigenvalue weighted by molar-refractivity contribution is -0.121. The number of carbonyl (C=O) groups is 1. The van der Waals surface area contributed by atoms with E-state index in [-0.39, 0.29) is 24.1 Å². The Hall–Kier alpha value is -2.60. The van der Waals surface area contributed by atoms with Crippen molar-refractivity contribution in [3.63, 3.8) is 0 Å². The van der Waals surface area contributed by atoms with E-state index in [1.807, 2.05) is 43.3 Å². The number of nitrogens with one attached hydrogen (secondary N) is 1. The minimum atomic E-state index is -0.417. The molecule has 0 spiro atoms. The molecule has 2 aromatic rings. The molecule has 146 valence electrons. The number of rotatable bonds is 9. The molecule has 27 heavy (non-hydrogen) atoms. The average Bonchev–Trinajstić information content (AvgIpc) is 2.66. The Balaban J connectivity index is 1.93. The van der Waals surface area contributed by atoms with Crippen molar-refractivity contribution in [3.05, 3.63) is 59.4 Å². The maximum atomic E-state index is 13.7. The fourth-order valence-corrected chi connectivity index (χ4v) is 2.93. The molecule has 6 heteroatoms. The van der Waals surface area contributed by atoms with Gasteiger partial charge in [0.1, 0.15) is 5.75 Å². The molecule has 1 amide bonds. The van der Waals surface area contributed by atoms with E-state index in [9.17, 15) is 9.18 Å². The van der Waals surface area contributed by atoms with E-state index in [1.54, 1.807) is 19.2 Å². The highest BCUT2D eigenvalue weighted by Crippen LogP contribution is 2.27. The molecule has 5 nitrogen and oxygen atoms in total. The zero-order valence-electron chi connectivity index (χ0n) is 16.3. The van der Waals surface area contributed by atoms with Gasteiger partial charge in [-0.2, -0.15) is 0 Å². The minimum absolute atomic E-state index is 0.0106. The fourth-order valence-electron chi connectivity index (χ4n) is 2.93. The smallest absolute Gasteiger partial charge is 0.220 e. The lowest BCUT2D eigenvalue weighted by atomic mass is 10.0. The maximum absolute atomic E-state index is 13.7. The highest BCUT2D eigenvalue weighted by atomic mass is 19.1. The summed E-state index contributed by atoms with van der Waals surface area (Å²) >= 11 is 0. The van der Waals surface area contributed by atoms with Crippen LogP contribution in [0.3, 0.4) is 0 Å². The van der Waals surface area contributed by atoms with Gasteiger partial charge in [0.05, 0.1) is 20.3 Å². The largest absolute Gasteiger partial charge is 0.496 e. The first-order valence-electron chi connectivity index (χ1n) is 8.84. The summed E-state index contributed by atoms with van der Waals surface area (Å²) in [7, 11) is 6.99. The first-order chi connectivity index (χ1) is 13.0. The molecule has 0 fully saturated rings. The van der Waals surface area contributed by atoms with Crippen LogP contribution in [0.5, 0.6) is 11.5 Å². The minimum Gasteiger partial charge on any atom is -0.496 e. The summed E-state index contributed by atoms with van der Waals surface area (Å²) in [5.41, 5.74) is 1.78. The molecule has 1 unspecified atom stereocenters. The van der Waals surface area contributed by atoms with Crippen molar-refractivity contribution in [2.75, 3.05) is 34.9 Å².